The molecule has 3 atom stereocenters. The molecule has 1 aliphatic carbocycles. The Morgan fingerprint density at radius 3 is 2.41 bits per heavy atom. The molecule has 2 aliphatic rings. The van der Waals surface area contributed by atoms with Gasteiger partial charge in [-0.25, -0.2) is 4.79 Å². The van der Waals surface area contributed by atoms with Crippen LogP contribution in [0.1, 0.15) is 33.6 Å². The highest BCUT2D eigenvalue weighted by molar-refractivity contribution is 5.78. The van der Waals surface area contributed by atoms with Gasteiger partial charge in [-0.3, -0.25) is 4.79 Å². The summed E-state index contributed by atoms with van der Waals surface area (Å²) in [6.45, 7) is 6.58. The van der Waals surface area contributed by atoms with Crippen LogP contribution in [0.4, 0.5) is 4.79 Å². The molecule has 17 heavy (non-hydrogen) atoms. The fourth-order valence-electron chi connectivity index (χ4n) is 2.50. The minimum absolute atomic E-state index is 0.114. The Kier molecular flexibility index (Phi) is 2.79. The highest BCUT2D eigenvalue weighted by atomic mass is 16.4. The van der Waals surface area contributed by atoms with E-state index in [9.17, 15) is 9.59 Å². The molecule has 5 nitrogen and oxygen atoms in total. The number of hydrogen-bond donors (Lipinski definition) is 2. The molecule has 2 N–H and O–H groups in total. The van der Waals surface area contributed by atoms with E-state index in [0.29, 0.717) is 13.0 Å². The van der Waals surface area contributed by atoms with Gasteiger partial charge in [0.15, 0.2) is 0 Å². The van der Waals surface area contributed by atoms with Crippen LogP contribution in [0.15, 0.2) is 0 Å². The number of nitrogens with one attached hydrogen (secondary N) is 1. The third-order valence-corrected chi connectivity index (χ3v) is 4.14. The lowest BCUT2D eigenvalue weighted by Gasteiger charge is -2.24. The molecule has 1 saturated carbocycles. The number of nitrogens with zero attached hydrogens (tertiary/aromatic N) is 1. The van der Waals surface area contributed by atoms with Gasteiger partial charge in [-0.2, -0.15) is 0 Å². The van der Waals surface area contributed by atoms with Crippen LogP contribution in [0.25, 0.3) is 0 Å². The lowest BCUT2D eigenvalue weighted by Crippen LogP contribution is -2.45. The first-order valence-electron chi connectivity index (χ1n) is 6.13. The lowest BCUT2D eigenvalue weighted by atomic mass is 10.0. The summed E-state index contributed by atoms with van der Waals surface area (Å²) in [4.78, 5) is 24.6. The summed E-state index contributed by atoms with van der Waals surface area (Å²) in [5.74, 6) is -1.23. The van der Waals surface area contributed by atoms with Crippen LogP contribution in [0.2, 0.25) is 0 Å². The van der Waals surface area contributed by atoms with Gasteiger partial charge < -0.3 is 15.3 Å². The van der Waals surface area contributed by atoms with Gasteiger partial charge in [0.1, 0.15) is 0 Å². The summed E-state index contributed by atoms with van der Waals surface area (Å²) in [6, 6.07) is -0.0859. The Balaban J connectivity index is 1.91. The quantitative estimate of drug-likeness (QED) is 0.764. The number of carboxylic acids is 1. The molecule has 0 aromatic carbocycles. The molecular weight excluding hydrogens is 220 g/mol. The van der Waals surface area contributed by atoms with Gasteiger partial charge in [0.25, 0.3) is 0 Å². The standard InChI is InChI=1S/C12H20N2O3/c1-7-8(10(15)16)4-5-14(7)11(17)13-9-6-12(9,2)3/h7-9H,4-6H2,1-3H3,(H,13,17)(H,15,16). The summed E-state index contributed by atoms with van der Waals surface area (Å²) >= 11 is 0. The average Bonchev–Trinajstić information content (AvgIpc) is 2.64. The van der Waals surface area contributed by atoms with Crippen LogP contribution >= 0.6 is 0 Å². The zero-order valence-electron chi connectivity index (χ0n) is 10.6. The van der Waals surface area contributed by atoms with E-state index in [4.69, 9.17) is 5.11 Å². The minimum atomic E-state index is -0.806. The van der Waals surface area contributed by atoms with Crippen molar-refractivity contribution in [3.63, 3.8) is 0 Å². The van der Waals surface area contributed by atoms with Crippen molar-refractivity contribution >= 4 is 12.0 Å². The lowest BCUT2D eigenvalue weighted by molar-refractivity contribution is -0.142. The van der Waals surface area contributed by atoms with E-state index in [1.807, 2.05) is 6.92 Å². The third kappa shape index (κ3) is 2.23. The number of likely N-dealkylation sites (tertiary alicyclic amines) is 1. The van der Waals surface area contributed by atoms with Crippen molar-refractivity contribution in [3.05, 3.63) is 0 Å². The van der Waals surface area contributed by atoms with Gasteiger partial charge in [0.05, 0.1) is 5.92 Å². The number of aliphatic carboxylic acids is 1. The number of carbonyl (C=O) groups is 2. The number of hydrogen-bond acceptors (Lipinski definition) is 2. The van der Waals surface area contributed by atoms with Gasteiger partial charge >= 0.3 is 12.0 Å². The predicted molar refractivity (Wildman–Crippen MR) is 62.6 cm³/mol. The molecule has 5 heteroatoms. The molecule has 0 aromatic rings. The molecule has 0 radical (unpaired) electrons. The predicted octanol–water partition coefficient (Wildman–Crippen LogP) is 1.29. The minimum Gasteiger partial charge on any atom is -0.481 e. The zero-order chi connectivity index (χ0) is 12.8. The van der Waals surface area contributed by atoms with Crippen molar-refractivity contribution in [1.82, 2.24) is 10.2 Å². The zero-order valence-corrected chi connectivity index (χ0v) is 10.6. The highest BCUT2D eigenvalue weighted by Gasteiger charge is 2.48. The number of urea groups is 1. The summed E-state index contributed by atoms with van der Waals surface area (Å²) in [5, 5.41) is 12.0. The molecule has 0 spiro atoms. The Morgan fingerprint density at radius 1 is 1.41 bits per heavy atom. The number of amides is 2. The maximum Gasteiger partial charge on any atom is 0.317 e. The maximum atomic E-state index is 12.0. The van der Waals surface area contributed by atoms with Crippen LogP contribution in [-0.4, -0.2) is 40.6 Å². The SMILES string of the molecule is CC1C(C(=O)O)CCN1C(=O)NC1CC1(C)C. The van der Waals surface area contributed by atoms with Gasteiger partial charge in [-0.05, 0) is 25.2 Å². The van der Waals surface area contributed by atoms with Crippen LogP contribution in [0, 0.1) is 11.3 Å². The fraction of sp³-hybridized carbons (Fsp3) is 0.833. The Bertz CT molecular complexity index is 354. The first-order valence-corrected chi connectivity index (χ1v) is 6.13. The molecular formula is C12H20N2O3. The molecule has 1 saturated heterocycles. The van der Waals surface area contributed by atoms with E-state index in [2.05, 4.69) is 19.2 Å². The van der Waals surface area contributed by atoms with Gasteiger partial charge in [-0.1, -0.05) is 13.8 Å². The molecule has 2 fully saturated rings. The van der Waals surface area contributed by atoms with Crippen LogP contribution < -0.4 is 5.32 Å². The van der Waals surface area contributed by atoms with E-state index in [-0.39, 0.29) is 23.5 Å². The van der Waals surface area contributed by atoms with Crippen molar-refractivity contribution in [2.75, 3.05) is 6.54 Å². The van der Waals surface area contributed by atoms with E-state index >= 15 is 0 Å². The highest BCUT2D eigenvalue weighted by Crippen LogP contribution is 2.44. The second kappa shape index (κ2) is 3.89. The van der Waals surface area contributed by atoms with Gasteiger partial charge in [0, 0.05) is 18.6 Å². The van der Waals surface area contributed by atoms with Crippen molar-refractivity contribution in [2.45, 2.75) is 45.7 Å². The average molecular weight is 240 g/mol. The Labute approximate surface area is 101 Å². The Hall–Kier alpha value is -1.26. The first kappa shape index (κ1) is 12.2. The van der Waals surface area contributed by atoms with Crippen molar-refractivity contribution in [2.24, 2.45) is 11.3 Å². The maximum absolute atomic E-state index is 12.0. The molecule has 2 rings (SSSR count). The third-order valence-electron chi connectivity index (χ3n) is 4.14. The molecule has 96 valence electrons. The second-order valence-corrected chi connectivity index (χ2v) is 5.86. The molecule has 1 aliphatic heterocycles. The van der Waals surface area contributed by atoms with Crippen LogP contribution in [0.3, 0.4) is 0 Å². The molecule has 1 heterocycles. The van der Waals surface area contributed by atoms with Gasteiger partial charge in [0.2, 0.25) is 0 Å². The largest absolute Gasteiger partial charge is 0.481 e. The van der Waals surface area contributed by atoms with Crippen molar-refractivity contribution in [3.8, 4) is 0 Å². The van der Waals surface area contributed by atoms with Crippen molar-refractivity contribution < 1.29 is 14.7 Å². The van der Waals surface area contributed by atoms with Gasteiger partial charge in [-0.15, -0.1) is 0 Å². The van der Waals surface area contributed by atoms with E-state index in [0.717, 1.165) is 6.42 Å². The number of carbonyl (C=O) groups excluding carboxylic acids is 1. The molecule has 2 amide bonds. The monoisotopic (exact) mass is 240 g/mol. The van der Waals surface area contributed by atoms with Crippen LogP contribution in [0.5, 0.6) is 0 Å². The van der Waals surface area contributed by atoms with E-state index < -0.39 is 11.9 Å². The number of carboxylic acid groups (broad SMARTS) is 1. The first-order chi connectivity index (χ1) is 7.83. The summed E-state index contributed by atoms with van der Waals surface area (Å²) in [5.41, 5.74) is 0.199. The van der Waals surface area contributed by atoms with E-state index in [1.165, 1.54) is 0 Å². The second-order valence-electron chi connectivity index (χ2n) is 5.86. The summed E-state index contributed by atoms with van der Waals surface area (Å²) in [7, 11) is 0. The van der Waals surface area contributed by atoms with Crippen molar-refractivity contribution in [1.29, 1.82) is 0 Å². The Morgan fingerprint density at radius 2 is 2.00 bits per heavy atom. The van der Waals surface area contributed by atoms with Crippen LogP contribution in [-0.2, 0) is 4.79 Å². The molecule has 3 unspecified atom stereocenters. The molecule has 0 aromatic heterocycles. The normalized spacial score (nSPS) is 34.5. The van der Waals surface area contributed by atoms with E-state index in [1.54, 1.807) is 4.90 Å². The number of rotatable bonds is 2. The molecule has 0 bridgehead atoms. The fourth-order valence-corrected chi connectivity index (χ4v) is 2.50. The summed E-state index contributed by atoms with van der Waals surface area (Å²) in [6.07, 6.45) is 1.56. The topological polar surface area (TPSA) is 69.6 Å². The smallest absolute Gasteiger partial charge is 0.317 e. The summed E-state index contributed by atoms with van der Waals surface area (Å²) < 4.78 is 0.